The molecule has 0 spiro atoms. The molecule has 26 heavy (non-hydrogen) atoms. The monoisotopic (exact) mass is 391 g/mol. The summed E-state index contributed by atoms with van der Waals surface area (Å²) >= 11 is 2.34. The van der Waals surface area contributed by atoms with Crippen molar-refractivity contribution in [2.24, 2.45) is 5.92 Å². The van der Waals surface area contributed by atoms with Gasteiger partial charge in [-0.1, -0.05) is 37.3 Å². The van der Waals surface area contributed by atoms with Gasteiger partial charge in [-0.3, -0.25) is 9.59 Å². The first-order chi connectivity index (χ1) is 12.4. The molecular weight excluding hydrogens is 374 g/mol. The number of hydrogen-bond donors (Lipinski definition) is 1. The highest BCUT2D eigenvalue weighted by molar-refractivity contribution is 8.00. The zero-order valence-electron chi connectivity index (χ0n) is 14.2. The summed E-state index contributed by atoms with van der Waals surface area (Å²) in [7, 11) is 0. The van der Waals surface area contributed by atoms with Crippen LogP contribution < -0.4 is 4.90 Å². The lowest BCUT2D eigenvalue weighted by Crippen LogP contribution is -2.31. The molecule has 1 N–H and O–H groups in total. The number of anilines is 1. The van der Waals surface area contributed by atoms with Gasteiger partial charge >= 0.3 is 5.97 Å². The largest absolute Gasteiger partial charge is 0.478 e. The van der Waals surface area contributed by atoms with E-state index in [0.29, 0.717) is 10.8 Å². The number of thioether (sulfide) groups is 1. The van der Waals surface area contributed by atoms with Crippen molar-refractivity contribution in [2.45, 2.75) is 36.8 Å². The average Bonchev–Trinajstić information content (AvgIpc) is 3.11. The van der Waals surface area contributed by atoms with Crippen LogP contribution in [0.25, 0.3) is 0 Å². The number of imide groups is 1. The van der Waals surface area contributed by atoms with Crippen LogP contribution in [0.3, 0.4) is 0 Å². The molecule has 1 fully saturated rings. The quantitative estimate of drug-likeness (QED) is 0.756. The molecule has 7 nitrogen and oxygen atoms in total. The number of aromatic nitrogens is 2. The number of carbonyl (C=O) groups is 3. The van der Waals surface area contributed by atoms with Crippen LogP contribution in [0.4, 0.5) is 5.13 Å². The predicted molar refractivity (Wildman–Crippen MR) is 98.6 cm³/mol. The van der Waals surface area contributed by atoms with Crippen LogP contribution in [0.2, 0.25) is 0 Å². The third-order valence-electron chi connectivity index (χ3n) is 3.72. The molecule has 0 aliphatic carbocycles. The predicted octanol–water partition coefficient (Wildman–Crippen LogP) is 2.86. The van der Waals surface area contributed by atoms with Crippen molar-refractivity contribution in [1.82, 2.24) is 10.2 Å². The van der Waals surface area contributed by atoms with Crippen molar-refractivity contribution in [2.75, 3.05) is 4.90 Å². The Bertz CT molecular complexity index is 865. The lowest BCUT2D eigenvalue weighted by atomic mass is 10.1. The van der Waals surface area contributed by atoms with Gasteiger partial charge in [-0.25, -0.2) is 9.69 Å². The summed E-state index contributed by atoms with van der Waals surface area (Å²) in [5, 5.41) is 17.7. The van der Waals surface area contributed by atoms with Crippen molar-refractivity contribution in [3.8, 4) is 0 Å². The molecule has 2 amide bonds. The Hall–Kier alpha value is -2.26. The molecule has 1 aromatic carbocycles. The average molecular weight is 391 g/mol. The number of aromatic carboxylic acids is 1. The molecule has 0 radical (unpaired) electrons. The minimum Gasteiger partial charge on any atom is -0.478 e. The molecule has 2 aromatic rings. The smallest absolute Gasteiger partial charge is 0.336 e. The van der Waals surface area contributed by atoms with Crippen molar-refractivity contribution in [3.05, 3.63) is 34.8 Å². The van der Waals surface area contributed by atoms with Gasteiger partial charge in [0.2, 0.25) is 16.9 Å². The number of hydrogen-bond acceptors (Lipinski definition) is 7. The number of benzene rings is 1. The molecule has 3 rings (SSSR count). The topological polar surface area (TPSA) is 100 Å². The minimum atomic E-state index is -1.07. The fourth-order valence-electron chi connectivity index (χ4n) is 2.56. The van der Waals surface area contributed by atoms with E-state index in [2.05, 4.69) is 24.0 Å². The number of carbonyl (C=O) groups excluding carboxylic acids is 2. The van der Waals surface area contributed by atoms with E-state index in [-0.39, 0.29) is 28.9 Å². The molecule has 1 atom stereocenters. The third-order valence-corrected chi connectivity index (χ3v) is 5.92. The molecular formula is C17H17N3O4S2. The lowest BCUT2D eigenvalue weighted by molar-refractivity contribution is -0.121. The van der Waals surface area contributed by atoms with Gasteiger partial charge in [-0.15, -0.1) is 22.0 Å². The number of amides is 2. The number of carboxylic acids is 1. The molecule has 1 aliphatic rings. The van der Waals surface area contributed by atoms with E-state index in [1.165, 1.54) is 17.4 Å². The van der Waals surface area contributed by atoms with E-state index in [1.807, 2.05) is 0 Å². The molecule has 9 heteroatoms. The molecule has 0 bridgehead atoms. The zero-order chi connectivity index (χ0) is 18.8. The molecule has 1 aromatic heterocycles. The van der Waals surface area contributed by atoms with Crippen LogP contribution >= 0.6 is 23.1 Å². The molecule has 1 aliphatic heterocycles. The lowest BCUT2D eigenvalue weighted by Gasteiger charge is -2.11. The van der Waals surface area contributed by atoms with Gasteiger partial charge in [0, 0.05) is 17.7 Å². The van der Waals surface area contributed by atoms with E-state index in [1.54, 1.807) is 18.2 Å². The Morgan fingerprint density at radius 2 is 2.08 bits per heavy atom. The maximum atomic E-state index is 12.7. The van der Waals surface area contributed by atoms with E-state index < -0.39 is 11.2 Å². The van der Waals surface area contributed by atoms with Crippen LogP contribution in [-0.4, -0.2) is 38.3 Å². The highest BCUT2D eigenvalue weighted by Crippen LogP contribution is 2.36. The standard InChI is InChI=1S/C17H17N3O4S2/c1-9(2)7-13-18-19-17(26-13)20-14(21)8-12(15(20)22)25-11-6-4-3-5-10(11)16(23)24/h3-6,9,12H,7-8H2,1-2H3,(H,23,24). The zero-order valence-corrected chi connectivity index (χ0v) is 15.8. The van der Waals surface area contributed by atoms with Crippen LogP contribution in [0.1, 0.15) is 35.6 Å². The summed E-state index contributed by atoms with van der Waals surface area (Å²) in [5.74, 6) is -1.39. The highest BCUT2D eigenvalue weighted by Gasteiger charge is 2.42. The van der Waals surface area contributed by atoms with E-state index in [4.69, 9.17) is 0 Å². The van der Waals surface area contributed by atoms with Gasteiger partial charge < -0.3 is 5.11 Å². The van der Waals surface area contributed by atoms with Crippen LogP contribution in [-0.2, 0) is 16.0 Å². The van der Waals surface area contributed by atoms with Gasteiger partial charge in [0.05, 0.1) is 10.8 Å². The van der Waals surface area contributed by atoms with E-state index >= 15 is 0 Å². The molecule has 1 saturated heterocycles. The van der Waals surface area contributed by atoms with Gasteiger partial charge in [-0.05, 0) is 18.1 Å². The Morgan fingerprint density at radius 3 is 2.77 bits per heavy atom. The van der Waals surface area contributed by atoms with Gasteiger partial charge in [0.1, 0.15) is 5.01 Å². The van der Waals surface area contributed by atoms with E-state index in [9.17, 15) is 19.5 Å². The Kier molecular flexibility index (Phi) is 5.38. The second kappa shape index (κ2) is 7.55. The number of rotatable bonds is 6. The van der Waals surface area contributed by atoms with Gasteiger partial charge in [0.15, 0.2) is 0 Å². The van der Waals surface area contributed by atoms with Gasteiger partial charge in [-0.2, -0.15) is 0 Å². The maximum absolute atomic E-state index is 12.7. The van der Waals surface area contributed by atoms with Crippen LogP contribution in [0, 0.1) is 5.92 Å². The number of carboxylic acid groups (broad SMARTS) is 1. The van der Waals surface area contributed by atoms with E-state index in [0.717, 1.165) is 28.1 Å². The second-order valence-electron chi connectivity index (χ2n) is 6.26. The second-order valence-corrected chi connectivity index (χ2v) is 8.54. The SMILES string of the molecule is CC(C)Cc1nnc(N2C(=O)CC(Sc3ccccc3C(=O)O)C2=O)s1. The minimum absolute atomic E-state index is 0.0105. The highest BCUT2D eigenvalue weighted by atomic mass is 32.2. The Morgan fingerprint density at radius 1 is 1.35 bits per heavy atom. The van der Waals surface area contributed by atoms with Crippen molar-refractivity contribution in [3.63, 3.8) is 0 Å². The summed E-state index contributed by atoms with van der Waals surface area (Å²) in [6.45, 7) is 4.11. The first-order valence-corrected chi connectivity index (χ1v) is 9.74. The van der Waals surface area contributed by atoms with Crippen molar-refractivity contribution >= 4 is 46.0 Å². The Labute approximate surface area is 158 Å². The summed E-state index contributed by atoms with van der Waals surface area (Å²) in [4.78, 5) is 37.9. The first kappa shape index (κ1) is 18.5. The molecule has 0 saturated carbocycles. The first-order valence-electron chi connectivity index (χ1n) is 8.05. The van der Waals surface area contributed by atoms with Crippen molar-refractivity contribution < 1.29 is 19.5 Å². The fourth-order valence-corrected chi connectivity index (χ4v) is 4.82. The molecule has 2 heterocycles. The summed E-state index contributed by atoms with van der Waals surface area (Å²) in [6.07, 6.45) is 0.745. The third kappa shape index (κ3) is 3.78. The summed E-state index contributed by atoms with van der Waals surface area (Å²) in [6, 6.07) is 6.45. The maximum Gasteiger partial charge on any atom is 0.336 e. The molecule has 1 unspecified atom stereocenters. The Balaban J connectivity index is 1.79. The van der Waals surface area contributed by atoms with Crippen LogP contribution in [0.15, 0.2) is 29.2 Å². The number of nitrogens with zero attached hydrogens (tertiary/aromatic N) is 3. The fraction of sp³-hybridized carbons (Fsp3) is 0.353. The summed E-state index contributed by atoms with van der Waals surface area (Å²) < 4.78 is 0. The van der Waals surface area contributed by atoms with Crippen LogP contribution in [0.5, 0.6) is 0 Å². The van der Waals surface area contributed by atoms with Crippen molar-refractivity contribution in [1.29, 1.82) is 0 Å². The normalized spacial score (nSPS) is 17.3. The van der Waals surface area contributed by atoms with Gasteiger partial charge in [0.25, 0.3) is 0 Å². The summed E-state index contributed by atoms with van der Waals surface area (Å²) in [5.41, 5.74) is 0.117. The molecule has 136 valence electrons.